The van der Waals surface area contributed by atoms with Crippen LogP contribution in [-0.2, 0) is 7.05 Å². The van der Waals surface area contributed by atoms with E-state index in [0.29, 0.717) is 22.6 Å². The minimum Gasteiger partial charge on any atom is -0.347 e. The Kier molecular flexibility index (Phi) is 4.24. The van der Waals surface area contributed by atoms with E-state index in [1.165, 1.54) is 28.9 Å². The standard InChI is InChI=1S/C17H13ClF3N3/c1-9-15(22-16-13(20)4-3-5-14(16)21)17(24(2)23-9)11-7-6-10(19)8-12(11)18/h3-8,22H,1-2H3. The minimum atomic E-state index is -0.727. The number of halogens is 4. The van der Waals surface area contributed by atoms with Crippen LogP contribution in [0.1, 0.15) is 5.69 Å². The van der Waals surface area contributed by atoms with Gasteiger partial charge in [-0.25, -0.2) is 13.2 Å². The van der Waals surface area contributed by atoms with Gasteiger partial charge in [0.15, 0.2) is 0 Å². The van der Waals surface area contributed by atoms with Crippen molar-refractivity contribution in [3.8, 4) is 11.3 Å². The van der Waals surface area contributed by atoms with Crippen LogP contribution in [0, 0.1) is 24.4 Å². The van der Waals surface area contributed by atoms with Gasteiger partial charge in [0.05, 0.1) is 22.1 Å². The second-order valence-electron chi connectivity index (χ2n) is 5.28. The number of nitrogens with one attached hydrogen (secondary N) is 1. The lowest BCUT2D eigenvalue weighted by molar-refractivity contribution is 0.591. The van der Waals surface area contributed by atoms with Gasteiger partial charge in [0.1, 0.15) is 23.1 Å². The highest BCUT2D eigenvalue weighted by molar-refractivity contribution is 6.33. The molecule has 3 rings (SSSR count). The van der Waals surface area contributed by atoms with Gasteiger partial charge in [0.2, 0.25) is 0 Å². The molecule has 7 heteroatoms. The molecule has 0 aliphatic carbocycles. The van der Waals surface area contributed by atoms with Crippen molar-refractivity contribution < 1.29 is 13.2 Å². The Balaban J connectivity index is 2.16. The van der Waals surface area contributed by atoms with E-state index in [1.54, 1.807) is 14.0 Å². The summed E-state index contributed by atoms with van der Waals surface area (Å²) < 4.78 is 42.7. The van der Waals surface area contributed by atoms with E-state index in [2.05, 4.69) is 10.4 Å². The SMILES string of the molecule is Cc1nn(C)c(-c2ccc(F)cc2Cl)c1Nc1c(F)cccc1F. The number of hydrogen-bond donors (Lipinski definition) is 1. The monoisotopic (exact) mass is 351 g/mol. The second-order valence-corrected chi connectivity index (χ2v) is 5.69. The lowest BCUT2D eigenvalue weighted by atomic mass is 10.1. The Hall–Kier alpha value is -2.47. The molecular formula is C17H13ClF3N3. The molecule has 0 saturated carbocycles. The highest BCUT2D eigenvalue weighted by Gasteiger charge is 2.20. The third kappa shape index (κ3) is 2.85. The van der Waals surface area contributed by atoms with Gasteiger partial charge in [-0.15, -0.1) is 0 Å². The molecule has 0 atom stereocenters. The van der Waals surface area contributed by atoms with Gasteiger partial charge in [-0.3, -0.25) is 4.68 Å². The van der Waals surface area contributed by atoms with Crippen LogP contribution in [0.25, 0.3) is 11.3 Å². The van der Waals surface area contributed by atoms with Crippen molar-refractivity contribution in [1.82, 2.24) is 9.78 Å². The molecule has 0 aliphatic heterocycles. The molecule has 0 aliphatic rings. The number of rotatable bonds is 3. The van der Waals surface area contributed by atoms with Crippen molar-refractivity contribution in [2.24, 2.45) is 7.05 Å². The smallest absolute Gasteiger partial charge is 0.149 e. The normalized spacial score (nSPS) is 10.9. The summed E-state index contributed by atoms with van der Waals surface area (Å²) >= 11 is 6.13. The second kappa shape index (κ2) is 6.20. The van der Waals surface area contributed by atoms with Gasteiger partial charge in [0, 0.05) is 12.6 Å². The molecule has 124 valence electrons. The molecule has 0 spiro atoms. The molecule has 3 nitrogen and oxygen atoms in total. The lowest BCUT2D eigenvalue weighted by Gasteiger charge is -2.12. The summed E-state index contributed by atoms with van der Waals surface area (Å²) in [6.07, 6.45) is 0. The van der Waals surface area contributed by atoms with Crippen LogP contribution < -0.4 is 5.32 Å². The van der Waals surface area contributed by atoms with E-state index in [9.17, 15) is 13.2 Å². The Morgan fingerprint density at radius 3 is 2.33 bits per heavy atom. The summed E-state index contributed by atoms with van der Waals surface area (Å²) in [5.74, 6) is -1.93. The average Bonchev–Trinajstić information content (AvgIpc) is 2.77. The fourth-order valence-electron chi connectivity index (χ4n) is 2.54. The van der Waals surface area contributed by atoms with Crippen LogP contribution in [0.3, 0.4) is 0 Å². The largest absolute Gasteiger partial charge is 0.347 e. The Morgan fingerprint density at radius 1 is 1.04 bits per heavy atom. The van der Waals surface area contributed by atoms with Gasteiger partial charge >= 0.3 is 0 Å². The van der Waals surface area contributed by atoms with Crippen LogP contribution in [0.5, 0.6) is 0 Å². The maximum Gasteiger partial charge on any atom is 0.149 e. The molecule has 24 heavy (non-hydrogen) atoms. The maximum atomic E-state index is 13.9. The molecule has 1 heterocycles. The summed E-state index contributed by atoms with van der Waals surface area (Å²) in [4.78, 5) is 0. The number of nitrogens with zero attached hydrogens (tertiary/aromatic N) is 2. The lowest BCUT2D eigenvalue weighted by Crippen LogP contribution is -2.01. The van der Waals surface area contributed by atoms with Gasteiger partial charge in [-0.1, -0.05) is 17.7 Å². The Bertz CT molecular complexity index is 901. The maximum absolute atomic E-state index is 13.9. The molecule has 0 fully saturated rings. The number of benzene rings is 2. The zero-order valence-electron chi connectivity index (χ0n) is 12.9. The summed E-state index contributed by atoms with van der Waals surface area (Å²) in [5.41, 5.74) is 1.64. The van der Waals surface area contributed by atoms with Crippen molar-refractivity contribution in [1.29, 1.82) is 0 Å². The molecule has 1 N–H and O–H groups in total. The fourth-order valence-corrected chi connectivity index (χ4v) is 2.80. The molecule has 3 aromatic rings. The third-order valence-electron chi connectivity index (χ3n) is 3.62. The van der Waals surface area contributed by atoms with E-state index >= 15 is 0 Å². The minimum absolute atomic E-state index is 0.176. The molecule has 0 radical (unpaired) electrons. The molecule has 0 unspecified atom stereocenters. The highest BCUT2D eigenvalue weighted by atomic mass is 35.5. The Labute approximate surface area is 141 Å². The summed E-state index contributed by atoms with van der Waals surface area (Å²) in [7, 11) is 1.67. The number of anilines is 2. The molecule has 2 aromatic carbocycles. The van der Waals surface area contributed by atoms with E-state index in [1.807, 2.05) is 0 Å². The van der Waals surface area contributed by atoms with Crippen LogP contribution >= 0.6 is 11.6 Å². The first-order valence-electron chi connectivity index (χ1n) is 7.08. The predicted octanol–water partition coefficient (Wildman–Crippen LogP) is 5.21. The van der Waals surface area contributed by atoms with E-state index in [-0.39, 0.29) is 10.7 Å². The topological polar surface area (TPSA) is 29.9 Å². The van der Waals surface area contributed by atoms with Crippen molar-refractivity contribution in [3.63, 3.8) is 0 Å². The van der Waals surface area contributed by atoms with Crippen molar-refractivity contribution >= 4 is 23.0 Å². The average molecular weight is 352 g/mol. The zero-order chi connectivity index (χ0) is 17.4. The number of aryl methyl sites for hydroxylation is 2. The van der Waals surface area contributed by atoms with E-state index in [0.717, 1.165) is 12.1 Å². The summed E-state index contributed by atoms with van der Waals surface area (Å²) in [6, 6.07) is 7.52. The van der Waals surface area contributed by atoms with Crippen molar-refractivity contribution in [3.05, 3.63) is 64.6 Å². The first-order chi connectivity index (χ1) is 11.4. The first-order valence-corrected chi connectivity index (χ1v) is 7.46. The van der Waals surface area contributed by atoms with Gasteiger partial charge in [0.25, 0.3) is 0 Å². The summed E-state index contributed by atoms with van der Waals surface area (Å²) in [5, 5.41) is 7.19. The van der Waals surface area contributed by atoms with E-state index in [4.69, 9.17) is 11.6 Å². The van der Waals surface area contributed by atoms with Crippen molar-refractivity contribution in [2.75, 3.05) is 5.32 Å². The van der Waals surface area contributed by atoms with Crippen LogP contribution in [0.2, 0.25) is 5.02 Å². The first kappa shape index (κ1) is 16.4. The number of aromatic nitrogens is 2. The van der Waals surface area contributed by atoms with Crippen LogP contribution in [0.4, 0.5) is 24.5 Å². The number of para-hydroxylation sites is 1. The van der Waals surface area contributed by atoms with Crippen LogP contribution in [-0.4, -0.2) is 9.78 Å². The molecule has 1 aromatic heterocycles. The number of hydrogen-bond acceptors (Lipinski definition) is 2. The van der Waals surface area contributed by atoms with Crippen LogP contribution in [0.15, 0.2) is 36.4 Å². The Morgan fingerprint density at radius 2 is 1.71 bits per heavy atom. The molecule has 0 saturated heterocycles. The fraction of sp³-hybridized carbons (Fsp3) is 0.118. The zero-order valence-corrected chi connectivity index (χ0v) is 13.6. The van der Waals surface area contributed by atoms with Crippen molar-refractivity contribution in [2.45, 2.75) is 6.92 Å². The summed E-state index contributed by atoms with van der Waals surface area (Å²) in [6.45, 7) is 1.70. The third-order valence-corrected chi connectivity index (χ3v) is 3.93. The quantitative estimate of drug-likeness (QED) is 0.702. The van der Waals surface area contributed by atoms with Gasteiger partial charge in [-0.05, 0) is 37.3 Å². The molecular weight excluding hydrogens is 339 g/mol. The molecule has 0 bridgehead atoms. The predicted molar refractivity (Wildman–Crippen MR) is 88.0 cm³/mol. The van der Waals surface area contributed by atoms with Gasteiger partial charge in [-0.2, -0.15) is 5.10 Å². The highest BCUT2D eigenvalue weighted by Crippen LogP contribution is 2.37. The van der Waals surface area contributed by atoms with Gasteiger partial charge < -0.3 is 5.32 Å². The molecule has 0 amide bonds. The van der Waals surface area contributed by atoms with E-state index < -0.39 is 17.5 Å².